The van der Waals surface area contributed by atoms with E-state index in [1.54, 1.807) is 0 Å². The Morgan fingerprint density at radius 3 is 1.80 bits per heavy atom. The molecule has 0 bridgehead atoms. The van der Waals surface area contributed by atoms with Crippen LogP contribution in [-0.4, -0.2) is 15.0 Å². The first-order valence-electron chi connectivity index (χ1n) is 21.5. The molecule has 13 aromatic rings. The Morgan fingerprint density at radius 2 is 0.969 bits per heavy atom. The maximum absolute atomic E-state index is 6.74. The van der Waals surface area contributed by atoms with Gasteiger partial charge in [-0.2, -0.15) is 0 Å². The van der Waals surface area contributed by atoms with E-state index in [2.05, 4.69) is 176 Å². The highest BCUT2D eigenvalue weighted by atomic mass is 32.1. The Labute approximate surface area is 372 Å². The third kappa shape index (κ3) is 6.01. The first-order chi connectivity index (χ1) is 31.7. The van der Waals surface area contributed by atoms with Crippen LogP contribution in [0, 0.1) is 0 Å². The molecule has 5 heteroatoms. The van der Waals surface area contributed by atoms with Crippen LogP contribution in [-0.2, 0) is 0 Å². The Kier molecular flexibility index (Phi) is 8.36. The van der Waals surface area contributed by atoms with Gasteiger partial charge in [0.1, 0.15) is 11.2 Å². The topological polar surface area (TPSA) is 51.8 Å². The number of aromatic nitrogens is 3. The van der Waals surface area contributed by atoms with Crippen LogP contribution in [0.15, 0.2) is 217 Å². The molecule has 0 saturated carbocycles. The van der Waals surface area contributed by atoms with Gasteiger partial charge in [0.2, 0.25) is 0 Å². The molecule has 0 atom stereocenters. The van der Waals surface area contributed by atoms with Gasteiger partial charge in [-0.25, -0.2) is 15.0 Å². The number of nitrogens with zero attached hydrogens (tertiary/aromatic N) is 3. The number of pyridine rings is 1. The van der Waals surface area contributed by atoms with Gasteiger partial charge in [0.05, 0.1) is 22.6 Å². The van der Waals surface area contributed by atoms with E-state index >= 15 is 0 Å². The predicted molar refractivity (Wildman–Crippen MR) is 268 cm³/mol. The molecule has 4 nitrogen and oxygen atoms in total. The molecule has 9 aromatic carbocycles. The largest absolute Gasteiger partial charge is 0.455 e. The van der Waals surface area contributed by atoms with E-state index < -0.39 is 0 Å². The van der Waals surface area contributed by atoms with Crippen molar-refractivity contribution in [3.63, 3.8) is 0 Å². The third-order valence-electron chi connectivity index (χ3n) is 12.5. The molecular weight excluding hydrogens is 799 g/mol. The van der Waals surface area contributed by atoms with Crippen LogP contribution in [0.4, 0.5) is 0 Å². The zero-order valence-corrected chi connectivity index (χ0v) is 35.2. The van der Waals surface area contributed by atoms with Crippen LogP contribution < -0.4 is 0 Å². The van der Waals surface area contributed by atoms with Gasteiger partial charge in [-0.1, -0.05) is 158 Å². The van der Waals surface area contributed by atoms with Crippen molar-refractivity contribution in [1.29, 1.82) is 0 Å². The fraction of sp³-hybridized carbons (Fsp3) is 0. The molecule has 64 heavy (non-hydrogen) atoms. The van der Waals surface area contributed by atoms with E-state index in [1.165, 1.54) is 41.9 Å². The van der Waals surface area contributed by atoms with Crippen molar-refractivity contribution in [2.75, 3.05) is 0 Å². The number of thiophene rings is 1. The normalized spacial score (nSPS) is 11.8. The van der Waals surface area contributed by atoms with E-state index in [0.717, 1.165) is 83.5 Å². The zero-order valence-electron chi connectivity index (χ0n) is 34.4. The van der Waals surface area contributed by atoms with Gasteiger partial charge in [0, 0.05) is 74.9 Å². The van der Waals surface area contributed by atoms with Gasteiger partial charge in [-0.05, 0) is 71.3 Å². The highest BCUT2D eigenvalue weighted by Gasteiger charge is 2.19. The fourth-order valence-electron chi connectivity index (χ4n) is 9.42. The number of rotatable bonds is 6. The molecule has 4 heterocycles. The number of para-hydroxylation sites is 2. The lowest BCUT2D eigenvalue weighted by Gasteiger charge is -2.12. The molecular formula is C59H35N3OS. The lowest BCUT2D eigenvalue weighted by atomic mass is 9.94. The molecule has 0 unspecified atom stereocenters. The Bertz CT molecular complexity index is 3890. The molecule has 0 spiro atoms. The first-order valence-corrected chi connectivity index (χ1v) is 22.3. The van der Waals surface area contributed by atoms with E-state index in [4.69, 9.17) is 19.4 Å². The third-order valence-corrected chi connectivity index (χ3v) is 13.6. The molecule has 0 aliphatic rings. The van der Waals surface area contributed by atoms with Gasteiger partial charge in [-0.3, -0.25) is 0 Å². The summed E-state index contributed by atoms with van der Waals surface area (Å²) in [6, 6.07) is 74.8. The van der Waals surface area contributed by atoms with Crippen LogP contribution in [0.25, 0.3) is 131 Å². The van der Waals surface area contributed by atoms with Crippen molar-refractivity contribution in [3.8, 4) is 67.4 Å². The van der Waals surface area contributed by atoms with Crippen molar-refractivity contribution in [2.24, 2.45) is 0 Å². The summed E-state index contributed by atoms with van der Waals surface area (Å²) in [4.78, 5) is 15.3. The highest BCUT2D eigenvalue weighted by molar-refractivity contribution is 7.26. The Hall–Kier alpha value is -8.25. The summed E-state index contributed by atoms with van der Waals surface area (Å²) in [5, 5.41) is 8.25. The van der Waals surface area contributed by atoms with E-state index in [0.29, 0.717) is 5.82 Å². The minimum Gasteiger partial charge on any atom is -0.455 e. The number of hydrogen-bond donors (Lipinski definition) is 0. The van der Waals surface area contributed by atoms with Crippen molar-refractivity contribution in [1.82, 2.24) is 15.0 Å². The summed E-state index contributed by atoms with van der Waals surface area (Å²) >= 11 is 1.85. The van der Waals surface area contributed by atoms with E-state index in [-0.39, 0.29) is 0 Å². The molecule has 298 valence electrons. The summed E-state index contributed by atoms with van der Waals surface area (Å²) in [6.07, 6.45) is 0. The highest BCUT2D eigenvalue weighted by Crippen LogP contribution is 2.45. The predicted octanol–water partition coefficient (Wildman–Crippen LogP) is 16.4. The average Bonchev–Trinajstić information content (AvgIpc) is 3.95. The molecule has 0 aliphatic heterocycles. The standard InChI is InChI=1S/C59H35N3OS/c1-4-14-36(15-5-1)50-35-51(62-59(61-50)38-18-8-3-9-19-38)42-26-29-52-47(34-42)44-24-13-23-43(58(44)63-52)41-21-12-20-39(32-41)40-27-30-53-48(33-40)56-54(64-53)31-28-46-55(56)45-22-10-11-25-49(45)60-57(46)37-16-6-2-7-17-37/h1-35H. The summed E-state index contributed by atoms with van der Waals surface area (Å²) in [6.45, 7) is 0. The van der Waals surface area contributed by atoms with Gasteiger partial charge in [0.25, 0.3) is 0 Å². The van der Waals surface area contributed by atoms with Crippen LogP contribution in [0.1, 0.15) is 0 Å². The number of furan rings is 1. The van der Waals surface area contributed by atoms with Gasteiger partial charge in [-0.15, -0.1) is 11.3 Å². The second kappa shape index (κ2) is 14.7. The lowest BCUT2D eigenvalue weighted by molar-refractivity contribution is 0.670. The Balaban J connectivity index is 0.926. The van der Waals surface area contributed by atoms with Gasteiger partial charge >= 0.3 is 0 Å². The average molecular weight is 834 g/mol. The summed E-state index contributed by atoms with van der Waals surface area (Å²) in [7, 11) is 0. The molecule has 13 rings (SSSR count). The number of benzene rings is 9. The monoisotopic (exact) mass is 833 g/mol. The molecule has 4 aromatic heterocycles. The number of fused-ring (bicyclic) bond motifs is 10. The molecule has 0 radical (unpaired) electrons. The van der Waals surface area contributed by atoms with Gasteiger partial charge in [0.15, 0.2) is 5.82 Å². The summed E-state index contributed by atoms with van der Waals surface area (Å²) < 4.78 is 9.28. The molecule has 0 N–H and O–H groups in total. The second-order valence-corrected chi connectivity index (χ2v) is 17.4. The SMILES string of the molecule is c1ccc(-c2cc(-c3ccc4oc5c(-c6cccc(-c7ccc8sc9ccc%10c(-c%11ccccc%11)nc%11ccccc%11c%10c9c8c7)c6)cccc5c4c3)nc(-c3ccccc3)n2)cc1. The maximum Gasteiger partial charge on any atom is 0.160 e. The van der Waals surface area contributed by atoms with Crippen molar-refractivity contribution in [2.45, 2.75) is 0 Å². The van der Waals surface area contributed by atoms with Gasteiger partial charge < -0.3 is 4.42 Å². The fourth-order valence-corrected chi connectivity index (χ4v) is 10.5. The second-order valence-electron chi connectivity index (χ2n) is 16.3. The maximum atomic E-state index is 6.74. The summed E-state index contributed by atoms with van der Waals surface area (Å²) in [5.41, 5.74) is 14.1. The smallest absolute Gasteiger partial charge is 0.160 e. The van der Waals surface area contributed by atoms with Crippen molar-refractivity contribution >= 4 is 75.1 Å². The zero-order chi connectivity index (χ0) is 42.1. The van der Waals surface area contributed by atoms with E-state index in [1.807, 2.05) is 47.7 Å². The number of hydrogen-bond acceptors (Lipinski definition) is 5. The van der Waals surface area contributed by atoms with Crippen LogP contribution in [0.5, 0.6) is 0 Å². The minimum atomic E-state index is 0.693. The van der Waals surface area contributed by atoms with E-state index in [9.17, 15) is 0 Å². The van der Waals surface area contributed by atoms with Crippen molar-refractivity contribution in [3.05, 3.63) is 212 Å². The molecule has 0 fully saturated rings. The molecule has 0 aliphatic carbocycles. The summed E-state index contributed by atoms with van der Waals surface area (Å²) in [5.74, 6) is 0.693. The molecule has 0 amide bonds. The lowest BCUT2D eigenvalue weighted by Crippen LogP contribution is -1.95. The molecule has 0 saturated heterocycles. The Morgan fingerprint density at radius 1 is 0.344 bits per heavy atom. The van der Waals surface area contributed by atoms with Crippen LogP contribution in [0.2, 0.25) is 0 Å². The minimum absolute atomic E-state index is 0.693. The van der Waals surface area contributed by atoms with Crippen molar-refractivity contribution < 1.29 is 4.42 Å². The first kappa shape index (κ1) is 36.4. The van der Waals surface area contributed by atoms with Crippen LogP contribution >= 0.6 is 11.3 Å². The quantitative estimate of drug-likeness (QED) is 0.157. The van der Waals surface area contributed by atoms with Crippen LogP contribution in [0.3, 0.4) is 0 Å².